The lowest BCUT2D eigenvalue weighted by molar-refractivity contribution is 0.425. The Balaban J connectivity index is 2.42. The fraction of sp³-hybridized carbons (Fsp3) is 0.389. The molecule has 0 unspecified atom stereocenters. The zero-order valence-electron chi connectivity index (χ0n) is 13.5. The van der Waals surface area contributed by atoms with Crippen molar-refractivity contribution in [2.45, 2.75) is 32.9 Å². The highest BCUT2D eigenvalue weighted by Crippen LogP contribution is 2.23. The van der Waals surface area contributed by atoms with Crippen molar-refractivity contribution in [2.75, 3.05) is 18.5 Å². The second kappa shape index (κ2) is 6.27. The van der Waals surface area contributed by atoms with Gasteiger partial charge in [0.15, 0.2) is 0 Å². The van der Waals surface area contributed by atoms with Gasteiger partial charge in [-0.2, -0.15) is 0 Å². The van der Waals surface area contributed by atoms with Crippen LogP contribution in [0.2, 0.25) is 0 Å². The van der Waals surface area contributed by atoms with Gasteiger partial charge in [0.05, 0.1) is 5.52 Å². The number of para-hydroxylation sites is 1. The van der Waals surface area contributed by atoms with Crippen molar-refractivity contribution in [1.82, 2.24) is 10.3 Å². The minimum Gasteiger partial charge on any atom is -0.356 e. The first-order valence-electron chi connectivity index (χ1n) is 7.36. The highest BCUT2D eigenvalue weighted by Gasteiger charge is 2.12. The van der Waals surface area contributed by atoms with E-state index in [-0.39, 0.29) is 5.54 Å². The van der Waals surface area contributed by atoms with E-state index < -0.39 is 0 Å². The SMILES string of the molecule is C=CCN(C)c1cc(CNC(C)(C)C)c2ccccc2n1. The summed E-state index contributed by atoms with van der Waals surface area (Å²) >= 11 is 0. The van der Waals surface area contributed by atoms with E-state index in [9.17, 15) is 0 Å². The second-order valence-electron chi connectivity index (χ2n) is 6.43. The molecular weight excluding hydrogens is 258 g/mol. The third kappa shape index (κ3) is 4.05. The van der Waals surface area contributed by atoms with Crippen LogP contribution in [-0.2, 0) is 6.54 Å². The average Bonchev–Trinajstić information content (AvgIpc) is 2.44. The van der Waals surface area contributed by atoms with Gasteiger partial charge in [-0.1, -0.05) is 24.3 Å². The van der Waals surface area contributed by atoms with E-state index in [4.69, 9.17) is 4.98 Å². The minimum atomic E-state index is 0.0948. The fourth-order valence-electron chi connectivity index (χ4n) is 2.22. The first kappa shape index (κ1) is 15.5. The molecule has 0 aliphatic rings. The molecule has 0 fully saturated rings. The molecule has 1 aromatic heterocycles. The maximum absolute atomic E-state index is 4.75. The molecule has 2 aromatic rings. The largest absolute Gasteiger partial charge is 0.356 e. The van der Waals surface area contributed by atoms with E-state index in [1.807, 2.05) is 19.2 Å². The summed E-state index contributed by atoms with van der Waals surface area (Å²) in [5.74, 6) is 0.985. The summed E-state index contributed by atoms with van der Waals surface area (Å²) in [4.78, 5) is 6.86. The maximum atomic E-state index is 4.75. The van der Waals surface area contributed by atoms with Crippen molar-refractivity contribution < 1.29 is 0 Å². The molecule has 1 aromatic carbocycles. The number of rotatable bonds is 5. The van der Waals surface area contributed by atoms with Crippen molar-refractivity contribution >= 4 is 16.7 Å². The molecule has 0 bridgehead atoms. The number of anilines is 1. The Morgan fingerprint density at radius 1 is 1.29 bits per heavy atom. The molecule has 3 heteroatoms. The molecule has 0 aliphatic heterocycles. The summed E-state index contributed by atoms with van der Waals surface area (Å²) in [7, 11) is 2.04. The number of hydrogen-bond acceptors (Lipinski definition) is 3. The molecule has 0 radical (unpaired) electrons. The summed E-state index contributed by atoms with van der Waals surface area (Å²) < 4.78 is 0. The van der Waals surface area contributed by atoms with Crippen molar-refractivity contribution in [1.29, 1.82) is 0 Å². The Morgan fingerprint density at radius 3 is 2.67 bits per heavy atom. The molecular formula is C18H25N3. The van der Waals surface area contributed by atoms with E-state index in [1.54, 1.807) is 0 Å². The van der Waals surface area contributed by atoms with Crippen LogP contribution >= 0.6 is 0 Å². The predicted molar refractivity (Wildman–Crippen MR) is 91.8 cm³/mol. The van der Waals surface area contributed by atoms with E-state index in [0.29, 0.717) is 0 Å². The van der Waals surface area contributed by atoms with Crippen LogP contribution in [0, 0.1) is 0 Å². The van der Waals surface area contributed by atoms with E-state index in [1.165, 1.54) is 10.9 Å². The minimum absolute atomic E-state index is 0.0948. The van der Waals surface area contributed by atoms with Crippen LogP contribution in [0.15, 0.2) is 43.0 Å². The lowest BCUT2D eigenvalue weighted by Crippen LogP contribution is -2.35. The summed E-state index contributed by atoms with van der Waals surface area (Å²) in [6, 6.07) is 10.5. The number of nitrogens with zero attached hydrogens (tertiary/aromatic N) is 2. The third-order valence-corrected chi connectivity index (χ3v) is 3.39. The van der Waals surface area contributed by atoms with Gasteiger partial charge in [-0.25, -0.2) is 4.98 Å². The molecule has 0 amide bonds. The highest BCUT2D eigenvalue weighted by atomic mass is 15.2. The Bertz CT molecular complexity index is 626. The van der Waals surface area contributed by atoms with E-state index >= 15 is 0 Å². The number of fused-ring (bicyclic) bond motifs is 1. The van der Waals surface area contributed by atoms with Crippen LogP contribution in [0.25, 0.3) is 10.9 Å². The van der Waals surface area contributed by atoms with E-state index in [0.717, 1.165) is 24.4 Å². The van der Waals surface area contributed by atoms with Gasteiger partial charge in [-0.3, -0.25) is 0 Å². The first-order valence-corrected chi connectivity index (χ1v) is 7.36. The molecule has 1 N–H and O–H groups in total. The topological polar surface area (TPSA) is 28.2 Å². The molecule has 0 saturated heterocycles. The normalized spacial score (nSPS) is 11.6. The van der Waals surface area contributed by atoms with Gasteiger partial charge >= 0.3 is 0 Å². The van der Waals surface area contributed by atoms with Gasteiger partial charge in [0, 0.05) is 31.1 Å². The van der Waals surface area contributed by atoms with Gasteiger partial charge < -0.3 is 10.2 Å². The van der Waals surface area contributed by atoms with Gasteiger partial charge in [0.2, 0.25) is 0 Å². The third-order valence-electron chi connectivity index (χ3n) is 3.39. The first-order chi connectivity index (χ1) is 9.90. The lowest BCUT2D eigenvalue weighted by atomic mass is 10.1. The molecule has 2 rings (SSSR count). The number of benzene rings is 1. The van der Waals surface area contributed by atoms with Gasteiger partial charge in [0.1, 0.15) is 5.82 Å². The van der Waals surface area contributed by atoms with Crippen molar-refractivity contribution in [2.24, 2.45) is 0 Å². The van der Waals surface area contributed by atoms with Crippen molar-refractivity contribution in [3.63, 3.8) is 0 Å². The molecule has 3 nitrogen and oxygen atoms in total. The molecule has 21 heavy (non-hydrogen) atoms. The standard InChI is InChI=1S/C18H25N3/c1-6-11-21(5)17-12-14(13-19-18(2,3)4)15-9-7-8-10-16(15)20-17/h6-10,12,19H,1,11,13H2,2-5H3. The van der Waals surface area contributed by atoms with Crippen LogP contribution in [0.3, 0.4) is 0 Å². The summed E-state index contributed by atoms with van der Waals surface area (Å²) in [5.41, 5.74) is 2.41. The van der Waals surface area contributed by atoms with Crippen LogP contribution in [0.1, 0.15) is 26.3 Å². The molecule has 0 aliphatic carbocycles. The monoisotopic (exact) mass is 283 g/mol. The Labute approximate surface area is 127 Å². The predicted octanol–water partition coefficient (Wildman–Crippen LogP) is 3.75. The quantitative estimate of drug-likeness (QED) is 0.847. The molecule has 0 saturated carbocycles. The number of aromatic nitrogens is 1. The Morgan fingerprint density at radius 2 is 2.00 bits per heavy atom. The Kier molecular flexibility index (Phi) is 4.63. The van der Waals surface area contributed by atoms with Crippen molar-refractivity contribution in [3.05, 3.63) is 48.6 Å². The summed E-state index contributed by atoms with van der Waals surface area (Å²) in [5, 5.41) is 4.77. The molecule has 0 atom stereocenters. The number of nitrogens with one attached hydrogen (secondary N) is 1. The van der Waals surface area contributed by atoms with Crippen LogP contribution in [0.4, 0.5) is 5.82 Å². The zero-order chi connectivity index (χ0) is 15.5. The van der Waals surface area contributed by atoms with Crippen molar-refractivity contribution in [3.8, 4) is 0 Å². The highest BCUT2D eigenvalue weighted by molar-refractivity contribution is 5.84. The Hall–Kier alpha value is -1.87. The smallest absolute Gasteiger partial charge is 0.129 e. The lowest BCUT2D eigenvalue weighted by Gasteiger charge is -2.23. The van der Waals surface area contributed by atoms with Crippen LogP contribution < -0.4 is 10.2 Å². The molecule has 0 spiro atoms. The van der Waals surface area contributed by atoms with Gasteiger partial charge in [0.25, 0.3) is 0 Å². The van der Waals surface area contributed by atoms with E-state index in [2.05, 4.69) is 61.8 Å². The average molecular weight is 283 g/mol. The fourth-order valence-corrected chi connectivity index (χ4v) is 2.22. The number of hydrogen-bond donors (Lipinski definition) is 1. The van der Waals surface area contributed by atoms with Crippen LogP contribution in [0.5, 0.6) is 0 Å². The summed E-state index contributed by atoms with van der Waals surface area (Å²) in [6.07, 6.45) is 1.89. The molecule has 1 heterocycles. The zero-order valence-corrected chi connectivity index (χ0v) is 13.5. The number of likely N-dealkylation sites (N-methyl/N-ethyl adjacent to an activating group) is 1. The maximum Gasteiger partial charge on any atom is 0.129 e. The van der Waals surface area contributed by atoms with Crippen LogP contribution in [-0.4, -0.2) is 24.1 Å². The second-order valence-corrected chi connectivity index (χ2v) is 6.43. The summed E-state index contributed by atoms with van der Waals surface area (Å²) in [6.45, 7) is 12.0. The molecule has 112 valence electrons. The van der Waals surface area contributed by atoms with Gasteiger partial charge in [-0.15, -0.1) is 6.58 Å². The number of pyridine rings is 1. The van der Waals surface area contributed by atoms with Gasteiger partial charge in [-0.05, 0) is 38.5 Å².